The van der Waals surface area contributed by atoms with Crippen LogP contribution >= 0.6 is 0 Å². The number of hydrogen-bond acceptors (Lipinski definition) is 3. The standard InChI is InChI=1S/C16H12FN3O/c1-18-16(21)10-5-6-19-15(8-10)11-7-12-13(17)3-2-4-14(12)20-9-11/h2-9H,1H3,(H,18,21). The largest absolute Gasteiger partial charge is 0.355 e. The van der Waals surface area contributed by atoms with Gasteiger partial charge in [-0.2, -0.15) is 0 Å². The Bertz CT molecular complexity index is 833. The van der Waals surface area contributed by atoms with E-state index in [1.807, 2.05) is 0 Å². The molecule has 1 N–H and O–H groups in total. The monoisotopic (exact) mass is 281 g/mol. The zero-order chi connectivity index (χ0) is 14.8. The summed E-state index contributed by atoms with van der Waals surface area (Å²) in [4.78, 5) is 20.1. The summed E-state index contributed by atoms with van der Waals surface area (Å²) in [5, 5.41) is 2.99. The molecule has 0 saturated carbocycles. The summed E-state index contributed by atoms with van der Waals surface area (Å²) in [7, 11) is 1.56. The van der Waals surface area contributed by atoms with Crippen LogP contribution in [-0.4, -0.2) is 22.9 Å². The van der Waals surface area contributed by atoms with E-state index in [4.69, 9.17) is 0 Å². The quantitative estimate of drug-likeness (QED) is 0.786. The smallest absolute Gasteiger partial charge is 0.251 e. The summed E-state index contributed by atoms with van der Waals surface area (Å²) in [6.45, 7) is 0. The molecular formula is C16H12FN3O. The maximum atomic E-state index is 13.8. The highest BCUT2D eigenvalue weighted by Gasteiger charge is 2.08. The van der Waals surface area contributed by atoms with Gasteiger partial charge in [-0.25, -0.2) is 4.39 Å². The van der Waals surface area contributed by atoms with Crippen molar-refractivity contribution in [2.75, 3.05) is 7.05 Å². The van der Waals surface area contributed by atoms with E-state index in [1.165, 1.54) is 6.07 Å². The van der Waals surface area contributed by atoms with E-state index in [0.29, 0.717) is 27.7 Å². The Hall–Kier alpha value is -2.82. The summed E-state index contributed by atoms with van der Waals surface area (Å²) in [5.74, 6) is -0.525. The van der Waals surface area contributed by atoms with Crippen LogP contribution in [0.15, 0.2) is 48.8 Å². The number of nitrogens with zero attached hydrogens (tertiary/aromatic N) is 2. The Morgan fingerprint density at radius 3 is 2.86 bits per heavy atom. The molecule has 1 aromatic carbocycles. The second-order valence-electron chi connectivity index (χ2n) is 4.54. The van der Waals surface area contributed by atoms with Crippen molar-refractivity contribution >= 4 is 16.8 Å². The third kappa shape index (κ3) is 2.45. The fourth-order valence-electron chi connectivity index (χ4n) is 2.13. The number of pyridine rings is 2. The highest BCUT2D eigenvalue weighted by molar-refractivity contribution is 5.95. The Morgan fingerprint density at radius 2 is 2.05 bits per heavy atom. The summed E-state index contributed by atoms with van der Waals surface area (Å²) in [6.07, 6.45) is 3.17. The first-order chi connectivity index (χ1) is 10.2. The lowest BCUT2D eigenvalue weighted by Gasteiger charge is -2.05. The molecule has 104 valence electrons. The van der Waals surface area contributed by atoms with Crippen LogP contribution in [0.4, 0.5) is 4.39 Å². The van der Waals surface area contributed by atoms with E-state index in [1.54, 1.807) is 49.8 Å². The van der Waals surface area contributed by atoms with Crippen LogP contribution < -0.4 is 5.32 Å². The second-order valence-corrected chi connectivity index (χ2v) is 4.54. The average Bonchev–Trinajstić information content (AvgIpc) is 2.54. The third-order valence-corrected chi connectivity index (χ3v) is 3.22. The fraction of sp³-hybridized carbons (Fsp3) is 0.0625. The number of hydrogen-bond donors (Lipinski definition) is 1. The van der Waals surface area contributed by atoms with Gasteiger partial charge in [0.15, 0.2) is 0 Å². The third-order valence-electron chi connectivity index (χ3n) is 3.22. The molecule has 0 fully saturated rings. The predicted molar refractivity (Wildman–Crippen MR) is 78.3 cm³/mol. The number of carbonyl (C=O) groups excluding carboxylic acids is 1. The molecule has 5 heteroatoms. The Balaban J connectivity index is 2.12. The van der Waals surface area contributed by atoms with Crippen molar-refractivity contribution in [2.24, 2.45) is 0 Å². The fourth-order valence-corrected chi connectivity index (χ4v) is 2.13. The van der Waals surface area contributed by atoms with Gasteiger partial charge in [-0.1, -0.05) is 6.07 Å². The average molecular weight is 281 g/mol. The Labute approximate surface area is 120 Å². The highest BCUT2D eigenvalue weighted by Crippen LogP contribution is 2.23. The number of benzene rings is 1. The maximum Gasteiger partial charge on any atom is 0.251 e. The normalized spacial score (nSPS) is 10.6. The van der Waals surface area contributed by atoms with Crippen LogP contribution in [0, 0.1) is 5.82 Å². The van der Waals surface area contributed by atoms with Crippen molar-refractivity contribution in [2.45, 2.75) is 0 Å². The molecule has 21 heavy (non-hydrogen) atoms. The van der Waals surface area contributed by atoms with Crippen LogP contribution in [-0.2, 0) is 0 Å². The number of aromatic nitrogens is 2. The SMILES string of the molecule is CNC(=O)c1ccnc(-c2cnc3cccc(F)c3c2)c1. The van der Waals surface area contributed by atoms with Crippen molar-refractivity contribution in [3.8, 4) is 11.3 Å². The Morgan fingerprint density at radius 1 is 1.19 bits per heavy atom. The summed E-state index contributed by atoms with van der Waals surface area (Å²) in [5.41, 5.74) is 2.32. The minimum absolute atomic E-state index is 0.196. The van der Waals surface area contributed by atoms with Crippen LogP contribution in [0.5, 0.6) is 0 Å². The zero-order valence-electron chi connectivity index (χ0n) is 11.3. The van der Waals surface area contributed by atoms with Crippen LogP contribution in [0.2, 0.25) is 0 Å². The molecule has 1 amide bonds. The number of amides is 1. The van der Waals surface area contributed by atoms with Crippen molar-refractivity contribution in [1.82, 2.24) is 15.3 Å². The lowest BCUT2D eigenvalue weighted by molar-refractivity contribution is 0.0963. The van der Waals surface area contributed by atoms with E-state index in [0.717, 1.165) is 0 Å². The number of carbonyl (C=O) groups is 1. The minimum Gasteiger partial charge on any atom is -0.355 e. The van der Waals surface area contributed by atoms with Crippen molar-refractivity contribution in [1.29, 1.82) is 0 Å². The molecule has 0 aliphatic rings. The molecule has 0 aliphatic carbocycles. The second kappa shape index (κ2) is 5.28. The van der Waals surface area contributed by atoms with Crippen LogP contribution in [0.1, 0.15) is 10.4 Å². The molecule has 2 heterocycles. The van der Waals surface area contributed by atoms with Gasteiger partial charge in [0.05, 0.1) is 11.2 Å². The van der Waals surface area contributed by atoms with Gasteiger partial charge >= 0.3 is 0 Å². The Kier molecular flexibility index (Phi) is 3.31. The molecule has 0 unspecified atom stereocenters. The zero-order valence-corrected chi connectivity index (χ0v) is 11.3. The van der Waals surface area contributed by atoms with E-state index in [2.05, 4.69) is 15.3 Å². The lowest BCUT2D eigenvalue weighted by Crippen LogP contribution is -2.17. The predicted octanol–water partition coefficient (Wildman–Crippen LogP) is 2.80. The molecule has 0 atom stereocenters. The van der Waals surface area contributed by atoms with Crippen molar-refractivity contribution in [3.63, 3.8) is 0 Å². The molecule has 0 radical (unpaired) electrons. The topological polar surface area (TPSA) is 54.9 Å². The van der Waals surface area contributed by atoms with E-state index in [9.17, 15) is 9.18 Å². The van der Waals surface area contributed by atoms with E-state index in [-0.39, 0.29) is 11.7 Å². The first kappa shape index (κ1) is 13.2. The molecule has 2 aromatic heterocycles. The van der Waals surface area contributed by atoms with Gasteiger partial charge < -0.3 is 5.32 Å². The first-order valence-electron chi connectivity index (χ1n) is 6.42. The number of nitrogens with one attached hydrogen (secondary N) is 1. The van der Waals surface area contributed by atoms with Gasteiger partial charge in [-0.3, -0.25) is 14.8 Å². The van der Waals surface area contributed by atoms with E-state index < -0.39 is 0 Å². The summed E-state index contributed by atoms with van der Waals surface area (Å²) in [6, 6.07) is 9.72. The molecule has 0 saturated heterocycles. The van der Waals surface area contributed by atoms with Gasteiger partial charge in [0.2, 0.25) is 0 Å². The minimum atomic E-state index is -0.329. The van der Waals surface area contributed by atoms with Gasteiger partial charge in [0.25, 0.3) is 5.91 Å². The maximum absolute atomic E-state index is 13.8. The number of rotatable bonds is 2. The van der Waals surface area contributed by atoms with Gasteiger partial charge in [-0.15, -0.1) is 0 Å². The highest BCUT2D eigenvalue weighted by atomic mass is 19.1. The molecular weight excluding hydrogens is 269 g/mol. The lowest BCUT2D eigenvalue weighted by atomic mass is 10.1. The summed E-state index contributed by atoms with van der Waals surface area (Å²) < 4.78 is 13.8. The molecule has 0 spiro atoms. The summed E-state index contributed by atoms with van der Waals surface area (Å²) >= 11 is 0. The van der Waals surface area contributed by atoms with Crippen molar-refractivity contribution < 1.29 is 9.18 Å². The number of fused-ring (bicyclic) bond motifs is 1. The molecule has 4 nitrogen and oxygen atoms in total. The molecule has 3 rings (SSSR count). The van der Waals surface area contributed by atoms with Crippen LogP contribution in [0.3, 0.4) is 0 Å². The number of halogens is 1. The van der Waals surface area contributed by atoms with E-state index >= 15 is 0 Å². The molecule has 3 aromatic rings. The molecule has 0 aliphatic heterocycles. The van der Waals surface area contributed by atoms with Gasteiger partial charge in [0, 0.05) is 36.0 Å². The van der Waals surface area contributed by atoms with Gasteiger partial charge in [0.1, 0.15) is 5.82 Å². The van der Waals surface area contributed by atoms with Gasteiger partial charge in [-0.05, 0) is 30.3 Å². The molecule has 0 bridgehead atoms. The van der Waals surface area contributed by atoms with Crippen LogP contribution in [0.25, 0.3) is 22.2 Å². The van der Waals surface area contributed by atoms with Crippen molar-refractivity contribution in [3.05, 3.63) is 60.2 Å². The first-order valence-corrected chi connectivity index (χ1v) is 6.42.